The smallest absolute Gasteiger partial charge is 0.341 e. The number of anilines is 1. The number of nitrogens with two attached hydrogens (primary N) is 1. The van der Waals surface area contributed by atoms with Gasteiger partial charge in [-0.15, -0.1) is 0 Å². The van der Waals surface area contributed by atoms with Crippen molar-refractivity contribution in [1.29, 1.82) is 0 Å². The Labute approximate surface area is 89.9 Å². The van der Waals surface area contributed by atoms with Crippen LogP contribution in [0.1, 0.15) is 10.4 Å². The second-order valence-electron chi connectivity index (χ2n) is 3.42. The molecule has 0 unspecified atom stereocenters. The van der Waals surface area contributed by atoms with Crippen molar-refractivity contribution >= 4 is 11.7 Å². The van der Waals surface area contributed by atoms with Crippen molar-refractivity contribution in [2.24, 2.45) is 0 Å². The van der Waals surface area contributed by atoms with Gasteiger partial charge in [0, 0.05) is 0 Å². The van der Waals surface area contributed by atoms with Crippen molar-refractivity contribution in [3.8, 4) is 0 Å². The predicted octanol–water partition coefficient (Wildman–Crippen LogP) is 1.10. The van der Waals surface area contributed by atoms with Crippen LogP contribution in [0.5, 0.6) is 0 Å². The minimum Gasteiger partial charge on any atom is -0.454 e. The number of rotatable bonds is 2. The molecule has 2 N–H and O–H groups in total. The first kappa shape index (κ1) is 10.8. The summed E-state index contributed by atoms with van der Waals surface area (Å²) in [5.41, 5.74) is 4.27. The van der Waals surface area contributed by atoms with E-state index in [9.17, 15) is 13.6 Å². The van der Waals surface area contributed by atoms with E-state index in [2.05, 4.69) is 0 Å². The molecule has 0 spiro atoms. The number of esters is 1. The predicted molar refractivity (Wildman–Crippen MR) is 50.8 cm³/mol. The molecule has 16 heavy (non-hydrogen) atoms. The lowest BCUT2D eigenvalue weighted by Crippen LogP contribution is -2.38. The Morgan fingerprint density at radius 3 is 2.69 bits per heavy atom. The maximum atomic E-state index is 13.4. The largest absolute Gasteiger partial charge is 0.454 e. The Balaban J connectivity index is 2.21. The molecule has 2 rings (SSSR count). The van der Waals surface area contributed by atoms with E-state index in [0.29, 0.717) is 0 Å². The second-order valence-corrected chi connectivity index (χ2v) is 3.42. The molecule has 1 fully saturated rings. The molecule has 1 saturated heterocycles. The van der Waals surface area contributed by atoms with E-state index in [1.807, 2.05) is 0 Å². The van der Waals surface area contributed by atoms with Crippen LogP contribution >= 0.6 is 0 Å². The highest BCUT2D eigenvalue weighted by Gasteiger charge is 2.25. The minimum atomic E-state index is -0.966. The van der Waals surface area contributed by atoms with Gasteiger partial charge in [-0.25, -0.2) is 13.6 Å². The lowest BCUT2D eigenvalue weighted by molar-refractivity contribution is -0.103. The van der Waals surface area contributed by atoms with Crippen LogP contribution in [-0.4, -0.2) is 25.3 Å². The van der Waals surface area contributed by atoms with Crippen LogP contribution in [0.4, 0.5) is 14.5 Å². The molecular weight excluding hydrogens is 220 g/mol. The van der Waals surface area contributed by atoms with E-state index in [-0.39, 0.29) is 13.2 Å². The van der Waals surface area contributed by atoms with Crippen LogP contribution in [0.2, 0.25) is 0 Å². The van der Waals surface area contributed by atoms with Gasteiger partial charge in [-0.3, -0.25) is 0 Å². The van der Waals surface area contributed by atoms with E-state index in [4.69, 9.17) is 15.2 Å². The van der Waals surface area contributed by atoms with Crippen molar-refractivity contribution in [2.45, 2.75) is 6.10 Å². The normalized spacial score (nSPS) is 15.6. The van der Waals surface area contributed by atoms with Gasteiger partial charge in [-0.1, -0.05) is 0 Å². The van der Waals surface area contributed by atoms with Crippen molar-refractivity contribution in [1.82, 2.24) is 0 Å². The standard InChI is InChI=1S/C10H9F2NO3/c11-5-1-7(9(12)8(13)2-5)10(14)16-6-3-15-4-6/h1-2,6H,3-4,13H2. The highest BCUT2D eigenvalue weighted by atomic mass is 19.1. The Bertz CT molecular complexity index is 432. The van der Waals surface area contributed by atoms with Gasteiger partial charge in [-0.2, -0.15) is 0 Å². The third-order valence-corrected chi connectivity index (χ3v) is 2.17. The number of hydrogen-bond acceptors (Lipinski definition) is 4. The summed E-state index contributed by atoms with van der Waals surface area (Å²) in [6.07, 6.45) is -0.392. The lowest BCUT2D eigenvalue weighted by Gasteiger charge is -2.25. The number of carbonyl (C=O) groups is 1. The average molecular weight is 229 g/mol. The van der Waals surface area contributed by atoms with Crippen LogP contribution < -0.4 is 5.73 Å². The van der Waals surface area contributed by atoms with Crippen LogP contribution in [0, 0.1) is 11.6 Å². The first-order valence-electron chi connectivity index (χ1n) is 4.61. The molecule has 0 bridgehead atoms. The summed E-state index contributed by atoms with van der Waals surface area (Å²) < 4.78 is 35.9. The topological polar surface area (TPSA) is 61.6 Å². The van der Waals surface area contributed by atoms with Gasteiger partial charge < -0.3 is 15.2 Å². The highest BCUT2D eigenvalue weighted by Crippen LogP contribution is 2.19. The van der Waals surface area contributed by atoms with Gasteiger partial charge in [0.25, 0.3) is 0 Å². The molecule has 1 aromatic rings. The quantitative estimate of drug-likeness (QED) is 0.609. The number of benzene rings is 1. The van der Waals surface area contributed by atoms with Gasteiger partial charge >= 0.3 is 5.97 Å². The van der Waals surface area contributed by atoms with Crippen molar-refractivity contribution in [2.75, 3.05) is 18.9 Å². The molecule has 1 aromatic carbocycles. The van der Waals surface area contributed by atoms with Crippen LogP contribution in [-0.2, 0) is 9.47 Å². The van der Waals surface area contributed by atoms with Crippen LogP contribution in [0.3, 0.4) is 0 Å². The fourth-order valence-electron chi connectivity index (χ4n) is 1.26. The number of ether oxygens (including phenoxy) is 2. The molecule has 1 heterocycles. The molecule has 0 aromatic heterocycles. The zero-order valence-electron chi connectivity index (χ0n) is 8.20. The summed E-state index contributed by atoms with van der Waals surface area (Å²) in [4.78, 5) is 11.4. The summed E-state index contributed by atoms with van der Waals surface area (Å²) in [7, 11) is 0. The minimum absolute atomic E-state index is 0.276. The fraction of sp³-hybridized carbons (Fsp3) is 0.300. The Kier molecular flexibility index (Phi) is 2.74. The summed E-state index contributed by atoms with van der Waals surface area (Å²) in [6.45, 7) is 0.552. The van der Waals surface area contributed by atoms with Crippen LogP contribution in [0.25, 0.3) is 0 Å². The van der Waals surface area contributed by atoms with E-state index in [0.717, 1.165) is 12.1 Å². The Morgan fingerprint density at radius 2 is 2.12 bits per heavy atom. The first-order valence-corrected chi connectivity index (χ1v) is 4.61. The third-order valence-electron chi connectivity index (χ3n) is 2.17. The molecule has 0 saturated carbocycles. The molecule has 4 nitrogen and oxygen atoms in total. The number of hydrogen-bond donors (Lipinski definition) is 1. The van der Waals surface area contributed by atoms with Gasteiger partial charge in [0.1, 0.15) is 17.5 Å². The molecule has 0 radical (unpaired) electrons. The van der Waals surface area contributed by atoms with Gasteiger partial charge in [0.15, 0.2) is 5.82 Å². The summed E-state index contributed by atoms with van der Waals surface area (Å²) in [6, 6.07) is 1.56. The molecule has 6 heteroatoms. The summed E-state index contributed by atoms with van der Waals surface area (Å²) in [5, 5.41) is 0. The van der Waals surface area contributed by atoms with Crippen molar-refractivity contribution in [3.63, 3.8) is 0 Å². The van der Waals surface area contributed by atoms with Gasteiger partial charge in [0.05, 0.1) is 18.9 Å². The van der Waals surface area contributed by atoms with E-state index >= 15 is 0 Å². The average Bonchev–Trinajstić information content (AvgIpc) is 2.17. The lowest BCUT2D eigenvalue weighted by atomic mass is 10.1. The highest BCUT2D eigenvalue weighted by molar-refractivity contribution is 5.91. The zero-order chi connectivity index (χ0) is 11.7. The maximum Gasteiger partial charge on any atom is 0.341 e. The van der Waals surface area contributed by atoms with Crippen molar-refractivity contribution < 1.29 is 23.0 Å². The van der Waals surface area contributed by atoms with Gasteiger partial charge in [-0.05, 0) is 12.1 Å². The number of halogens is 2. The molecule has 0 aliphatic carbocycles. The van der Waals surface area contributed by atoms with E-state index < -0.39 is 35.0 Å². The monoisotopic (exact) mass is 229 g/mol. The van der Waals surface area contributed by atoms with Crippen LogP contribution in [0.15, 0.2) is 12.1 Å². The Morgan fingerprint density at radius 1 is 1.44 bits per heavy atom. The summed E-state index contributed by atoms with van der Waals surface area (Å²) in [5.74, 6) is -2.68. The van der Waals surface area contributed by atoms with Crippen molar-refractivity contribution in [3.05, 3.63) is 29.3 Å². The third kappa shape index (κ3) is 1.96. The summed E-state index contributed by atoms with van der Waals surface area (Å²) >= 11 is 0. The molecule has 1 aliphatic heterocycles. The van der Waals surface area contributed by atoms with E-state index in [1.54, 1.807) is 0 Å². The number of carbonyl (C=O) groups excluding carboxylic acids is 1. The number of nitrogen functional groups attached to an aromatic ring is 1. The SMILES string of the molecule is Nc1cc(F)cc(C(=O)OC2COC2)c1F. The first-order chi connectivity index (χ1) is 7.58. The molecule has 0 amide bonds. The fourth-order valence-corrected chi connectivity index (χ4v) is 1.26. The molecule has 0 atom stereocenters. The maximum absolute atomic E-state index is 13.4. The Hall–Kier alpha value is -1.69. The van der Waals surface area contributed by atoms with Gasteiger partial charge in [0.2, 0.25) is 0 Å². The second kappa shape index (κ2) is 4.05. The van der Waals surface area contributed by atoms with E-state index in [1.165, 1.54) is 0 Å². The molecule has 86 valence electrons. The molecular formula is C10H9F2NO3. The molecule has 1 aliphatic rings. The zero-order valence-corrected chi connectivity index (χ0v) is 8.20.